The predicted octanol–water partition coefficient (Wildman–Crippen LogP) is 1.91. The quantitative estimate of drug-likeness (QED) is 0.814. The fourth-order valence-corrected chi connectivity index (χ4v) is 3.31. The number of hydrogen-bond donors (Lipinski definition) is 0. The summed E-state index contributed by atoms with van der Waals surface area (Å²) in [6, 6.07) is 10.6. The molecule has 1 saturated heterocycles. The molecule has 24 heavy (non-hydrogen) atoms. The first-order valence-corrected chi connectivity index (χ1v) is 8.60. The first-order valence-electron chi connectivity index (χ1n) is 8.60. The smallest absolute Gasteiger partial charge is 0.236 e. The van der Waals surface area contributed by atoms with E-state index in [4.69, 9.17) is 0 Å². The Labute approximate surface area is 143 Å². The minimum Gasteiger partial charge on any atom is -0.344 e. The SMILES string of the molecule is CN(CCc1cnn(C)c1)C(=O)CN1CC[C@H](c2ccccc2)C1. The van der Waals surface area contributed by atoms with Crippen LogP contribution in [-0.2, 0) is 18.3 Å². The number of aromatic nitrogens is 2. The molecule has 1 aromatic heterocycles. The Hall–Kier alpha value is -2.14. The number of carbonyl (C=O) groups excluding carboxylic acids is 1. The number of aryl methyl sites for hydroxylation is 1. The molecule has 3 rings (SSSR count). The lowest BCUT2D eigenvalue weighted by atomic mass is 9.99. The van der Waals surface area contributed by atoms with E-state index in [1.807, 2.05) is 31.4 Å². The lowest BCUT2D eigenvalue weighted by molar-refractivity contribution is -0.130. The van der Waals surface area contributed by atoms with Crippen LogP contribution in [0.1, 0.15) is 23.5 Å². The van der Waals surface area contributed by atoms with Crippen LogP contribution in [0.15, 0.2) is 42.7 Å². The van der Waals surface area contributed by atoms with Gasteiger partial charge in [0.05, 0.1) is 12.7 Å². The van der Waals surface area contributed by atoms with Crippen molar-refractivity contribution in [3.05, 3.63) is 53.9 Å². The summed E-state index contributed by atoms with van der Waals surface area (Å²) in [6.45, 7) is 3.24. The van der Waals surface area contributed by atoms with Gasteiger partial charge < -0.3 is 4.90 Å². The maximum atomic E-state index is 12.4. The Morgan fingerprint density at radius 2 is 2.12 bits per heavy atom. The molecular formula is C19H26N4O. The van der Waals surface area contributed by atoms with Gasteiger partial charge in [-0.05, 0) is 36.4 Å². The normalized spacial score (nSPS) is 18.0. The molecule has 0 radical (unpaired) electrons. The minimum absolute atomic E-state index is 0.201. The summed E-state index contributed by atoms with van der Waals surface area (Å²) < 4.78 is 1.80. The summed E-state index contributed by atoms with van der Waals surface area (Å²) in [6.07, 6.45) is 5.85. The molecule has 2 aromatic rings. The predicted molar refractivity (Wildman–Crippen MR) is 94.8 cm³/mol. The molecule has 1 fully saturated rings. The molecule has 0 N–H and O–H groups in total. The molecule has 2 heterocycles. The topological polar surface area (TPSA) is 41.4 Å². The fourth-order valence-electron chi connectivity index (χ4n) is 3.31. The fraction of sp³-hybridized carbons (Fsp3) is 0.474. The van der Waals surface area contributed by atoms with Gasteiger partial charge in [-0.2, -0.15) is 5.10 Å². The average molecular weight is 326 g/mol. The van der Waals surface area contributed by atoms with Crippen LogP contribution in [-0.4, -0.2) is 58.7 Å². The number of nitrogens with zero attached hydrogens (tertiary/aromatic N) is 4. The number of likely N-dealkylation sites (N-methyl/N-ethyl adjacent to an activating group) is 1. The zero-order chi connectivity index (χ0) is 16.9. The summed E-state index contributed by atoms with van der Waals surface area (Å²) in [7, 11) is 3.80. The number of rotatable bonds is 6. The monoisotopic (exact) mass is 326 g/mol. The van der Waals surface area contributed by atoms with E-state index in [1.165, 1.54) is 11.1 Å². The second-order valence-electron chi connectivity index (χ2n) is 6.72. The average Bonchev–Trinajstić information content (AvgIpc) is 3.22. The van der Waals surface area contributed by atoms with Crippen molar-refractivity contribution in [1.82, 2.24) is 19.6 Å². The Balaban J connectivity index is 1.45. The molecule has 5 heteroatoms. The van der Waals surface area contributed by atoms with E-state index >= 15 is 0 Å². The summed E-state index contributed by atoms with van der Waals surface area (Å²) in [4.78, 5) is 16.5. The van der Waals surface area contributed by atoms with Gasteiger partial charge in [0.25, 0.3) is 0 Å². The molecular weight excluding hydrogens is 300 g/mol. The Bertz CT molecular complexity index is 667. The number of amides is 1. The third kappa shape index (κ3) is 4.23. The van der Waals surface area contributed by atoms with E-state index in [1.54, 1.807) is 4.68 Å². The van der Waals surface area contributed by atoms with E-state index in [0.29, 0.717) is 12.5 Å². The molecule has 0 saturated carbocycles. The Kier molecular flexibility index (Phi) is 5.30. The van der Waals surface area contributed by atoms with Crippen LogP contribution in [0, 0.1) is 0 Å². The second-order valence-corrected chi connectivity index (χ2v) is 6.72. The standard InChI is InChI=1S/C19H26N4O/c1-21(10-8-16-12-20-22(2)13-16)19(24)15-23-11-9-18(14-23)17-6-4-3-5-7-17/h3-7,12-13,18H,8-11,14-15H2,1-2H3/t18-/m0/s1. The van der Waals surface area contributed by atoms with Gasteiger partial charge in [0.1, 0.15) is 0 Å². The highest BCUT2D eigenvalue weighted by atomic mass is 16.2. The maximum absolute atomic E-state index is 12.4. The van der Waals surface area contributed by atoms with Gasteiger partial charge in [-0.1, -0.05) is 30.3 Å². The number of carbonyl (C=O) groups is 1. The van der Waals surface area contributed by atoms with Crippen LogP contribution in [0.3, 0.4) is 0 Å². The van der Waals surface area contributed by atoms with E-state index in [2.05, 4.69) is 40.3 Å². The first kappa shape index (κ1) is 16.7. The van der Waals surface area contributed by atoms with Crippen molar-refractivity contribution in [2.24, 2.45) is 7.05 Å². The van der Waals surface area contributed by atoms with Crippen molar-refractivity contribution in [3.63, 3.8) is 0 Å². The van der Waals surface area contributed by atoms with Gasteiger partial charge in [-0.25, -0.2) is 0 Å². The molecule has 1 aliphatic heterocycles. The Morgan fingerprint density at radius 3 is 2.83 bits per heavy atom. The molecule has 0 spiro atoms. The van der Waals surface area contributed by atoms with Crippen molar-refractivity contribution < 1.29 is 4.79 Å². The lowest BCUT2D eigenvalue weighted by Gasteiger charge is -2.21. The second kappa shape index (κ2) is 7.62. The lowest BCUT2D eigenvalue weighted by Crippen LogP contribution is -2.38. The zero-order valence-corrected chi connectivity index (χ0v) is 14.6. The van der Waals surface area contributed by atoms with Gasteiger partial charge in [0, 0.05) is 33.4 Å². The van der Waals surface area contributed by atoms with Gasteiger partial charge in [-0.3, -0.25) is 14.4 Å². The largest absolute Gasteiger partial charge is 0.344 e. The van der Waals surface area contributed by atoms with Crippen molar-refractivity contribution in [2.45, 2.75) is 18.8 Å². The van der Waals surface area contributed by atoms with E-state index in [-0.39, 0.29) is 5.91 Å². The minimum atomic E-state index is 0.201. The van der Waals surface area contributed by atoms with Crippen LogP contribution in [0.25, 0.3) is 0 Å². The molecule has 0 aliphatic carbocycles. The molecule has 0 bridgehead atoms. The van der Waals surface area contributed by atoms with Crippen LogP contribution >= 0.6 is 0 Å². The highest BCUT2D eigenvalue weighted by Crippen LogP contribution is 2.26. The Morgan fingerprint density at radius 1 is 1.33 bits per heavy atom. The molecule has 1 aliphatic rings. The van der Waals surface area contributed by atoms with Crippen LogP contribution < -0.4 is 0 Å². The van der Waals surface area contributed by atoms with E-state index < -0.39 is 0 Å². The molecule has 0 unspecified atom stereocenters. The third-order valence-corrected chi connectivity index (χ3v) is 4.82. The van der Waals surface area contributed by atoms with Crippen molar-refractivity contribution in [1.29, 1.82) is 0 Å². The van der Waals surface area contributed by atoms with E-state index in [9.17, 15) is 4.79 Å². The first-order chi connectivity index (χ1) is 11.6. The molecule has 1 amide bonds. The van der Waals surface area contributed by atoms with Crippen molar-refractivity contribution in [2.75, 3.05) is 33.2 Å². The van der Waals surface area contributed by atoms with Crippen LogP contribution in [0.4, 0.5) is 0 Å². The van der Waals surface area contributed by atoms with Crippen molar-refractivity contribution in [3.8, 4) is 0 Å². The summed E-state index contributed by atoms with van der Waals surface area (Å²) in [5, 5.41) is 4.16. The summed E-state index contributed by atoms with van der Waals surface area (Å²) in [5.74, 6) is 0.757. The number of benzene rings is 1. The summed E-state index contributed by atoms with van der Waals surface area (Å²) in [5.41, 5.74) is 2.56. The zero-order valence-electron chi connectivity index (χ0n) is 14.6. The van der Waals surface area contributed by atoms with Crippen molar-refractivity contribution >= 4 is 5.91 Å². The molecule has 128 valence electrons. The number of likely N-dealkylation sites (tertiary alicyclic amines) is 1. The molecule has 5 nitrogen and oxygen atoms in total. The number of hydrogen-bond acceptors (Lipinski definition) is 3. The van der Waals surface area contributed by atoms with Crippen LogP contribution in [0.5, 0.6) is 0 Å². The van der Waals surface area contributed by atoms with Gasteiger partial charge >= 0.3 is 0 Å². The molecule has 1 aromatic carbocycles. The maximum Gasteiger partial charge on any atom is 0.236 e. The third-order valence-electron chi connectivity index (χ3n) is 4.82. The van der Waals surface area contributed by atoms with E-state index in [0.717, 1.165) is 32.5 Å². The van der Waals surface area contributed by atoms with Crippen LogP contribution in [0.2, 0.25) is 0 Å². The van der Waals surface area contributed by atoms with Gasteiger partial charge in [-0.15, -0.1) is 0 Å². The highest BCUT2D eigenvalue weighted by molar-refractivity contribution is 5.78. The summed E-state index contributed by atoms with van der Waals surface area (Å²) >= 11 is 0. The van der Waals surface area contributed by atoms with Gasteiger partial charge in [0.15, 0.2) is 0 Å². The van der Waals surface area contributed by atoms with Gasteiger partial charge in [0.2, 0.25) is 5.91 Å². The molecule has 1 atom stereocenters. The highest BCUT2D eigenvalue weighted by Gasteiger charge is 2.25.